The van der Waals surface area contributed by atoms with E-state index in [2.05, 4.69) is 31.4 Å². The van der Waals surface area contributed by atoms with Crippen molar-refractivity contribution in [2.45, 2.75) is 26.2 Å². The second-order valence-electron chi connectivity index (χ2n) is 8.50. The summed E-state index contributed by atoms with van der Waals surface area (Å²) in [6.07, 6.45) is 0. The lowest BCUT2D eigenvalue weighted by Crippen LogP contribution is -2.19. The fourth-order valence-corrected chi connectivity index (χ4v) is 3.26. The highest BCUT2D eigenvalue weighted by molar-refractivity contribution is 6.12. The van der Waals surface area contributed by atoms with E-state index in [9.17, 15) is 19.5 Å². The fourth-order valence-electron chi connectivity index (χ4n) is 3.26. The summed E-state index contributed by atoms with van der Waals surface area (Å²) in [5, 5.41) is 14.8. The summed E-state index contributed by atoms with van der Waals surface area (Å²) < 4.78 is 5.04. The molecule has 0 aliphatic heterocycles. The lowest BCUT2D eigenvalue weighted by Gasteiger charge is -2.19. The monoisotopic (exact) mass is 446 g/mol. The van der Waals surface area contributed by atoms with Gasteiger partial charge in [-0.05, 0) is 53.4 Å². The molecule has 7 nitrogen and oxygen atoms in total. The Balaban J connectivity index is 1.80. The van der Waals surface area contributed by atoms with Crippen LogP contribution < -0.4 is 15.4 Å². The molecule has 3 N–H and O–H groups in total. The molecule has 7 heteroatoms. The predicted octanol–water partition coefficient (Wildman–Crippen LogP) is 5.20. The van der Waals surface area contributed by atoms with Gasteiger partial charge in [0.2, 0.25) is 0 Å². The van der Waals surface area contributed by atoms with Crippen LogP contribution in [0, 0.1) is 0 Å². The van der Waals surface area contributed by atoms with E-state index in [4.69, 9.17) is 4.74 Å². The maximum Gasteiger partial charge on any atom is 0.339 e. The average molecular weight is 447 g/mol. The number of anilines is 2. The molecule has 33 heavy (non-hydrogen) atoms. The van der Waals surface area contributed by atoms with Gasteiger partial charge in [-0.1, -0.05) is 45.0 Å². The zero-order valence-electron chi connectivity index (χ0n) is 18.9. The van der Waals surface area contributed by atoms with Gasteiger partial charge in [0.15, 0.2) is 0 Å². The Labute approximate surface area is 192 Å². The van der Waals surface area contributed by atoms with E-state index in [0.29, 0.717) is 11.3 Å². The number of benzene rings is 3. The number of hydrogen-bond acceptors (Lipinski definition) is 4. The van der Waals surface area contributed by atoms with Gasteiger partial charge in [-0.25, -0.2) is 4.79 Å². The molecular weight excluding hydrogens is 420 g/mol. The van der Waals surface area contributed by atoms with Crippen molar-refractivity contribution in [3.63, 3.8) is 0 Å². The van der Waals surface area contributed by atoms with Crippen LogP contribution in [-0.4, -0.2) is 30.0 Å². The number of nitrogens with one attached hydrogen (secondary N) is 2. The third-order valence-electron chi connectivity index (χ3n) is 5.12. The molecule has 170 valence electrons. The summed E-state index contributed by atoms with van der Waals surface area (Å²) in [7, 11) is 1.37. The Morgan fingerprint density at radius 1 is 0.818 bits per heavy atom. The number of rotatable bonds is 6. The first-order valence-electron chi connectivity index (χ1n) is 10.3. The van der Waals surface area contributed by atoms with Crippen molar-refractivity contribution >= 4 is 29.2 Å². The van der Waals surface area contributed by atoms with E-state index < -0.39 is 11.9 Å². The Kier molecular flexibility index (Phi) is 6.82. The molecule has 0 unspecified atom stereocenters. The molecule has 2 amide bonds. The molecule has 0 heterocycles. The van der Waals surface area contributed by atoms with Crippen LogP contribution in [-0.2, 0) is 5.41 Å². The molecular formula is C26H26N2O5. The molecule has 3 aromatic rings. The maximum absolute atomic E-state index is 12.9. The van der Waals surface area contributed by atoms with Gasteiger partial charge in [0.1, 0.15) is 11.3 Å². The largest absolute Gasteiger partial charge is 0.496 e. The van der Waals surface area contributed by atoms with Crippen LogP contribution in [0.4, 0.5) is 11.4 Å². The SMILES string of the molecule is COc1ccc(NC(=O)c2ccccc2NC(=O)c2ccc(C(C)(C)C)cc2)cc1C(=O)O. The average Bonchev–Trinajstić information content (AvgIpc) is 2.78. The van der Waals surface area contributed by atoms with E-state index >= 15 is 0 Å². The van der Waals surface area contributed by atoms with E-state index in [0.717, 1.165) is 5.56 Å². The van der Waals surface area contributed by atoms with E-state index in [-0.39, 0.29) is 33.9 Å². The number of carboxylic acid groups (broad SMARTS) is 1. The Hall–Kier alpha value is -4.13. The topological polar surface area (TPSA) is 105 Å². The Bertz CT molecular complexity index is 1190. The first kappa shape index (κ1) is 23.5. The van der Waals surface area contributed by atoms with Gasteiger partial charge in [-0.3, -0.25) is 9.59 Å². The number of carbonyl (C=O) groups is 3. The smallest absolute Gasteiger partial charge is 0.339 e. The standard InChI is InChI=1S/C26H26N2O5/c1-26(2,3)17-11-9-16(10-12-17)23(29)28-21-8-6-5-7-19(21)24(30)27-18-13-14-22(33-4)20(15-18)25(31)32/h5-15H,1-4H3,(H,27,30)(H,28,29)(H,31,32). The minimum Gasteiger partial charge on any atom is -0.496 e. The van der Waals surface area contributed by atoms with Crippen LogP contribution >= 0.6 is 0 Å². The zero-order valence-corrected chi connectivity index (χ0v) is 18.9. The van der Waals surface area contributed by atoms with E-state index in [1.807, 2.05) is 12.1 Å². The molecule has 0 aromatic heterocycles. The van der Waals surface area contributed by atoms with Gasteiger partial charge in [-0.15, -0.1) is 0 Å². The van der Waals surface area contributed by atoms with Crippen LogP contribution in [0.3, 0.4) is 0 Å². The van der Waals surface area contributed by atoms with Crippen LogP contribution in [0.5, 0.6) is 5.75 Å². The second kappa shape index (κ2) is 9.56. The molecule has 0 fully saturated rings. The molecule has 0 atom stereocenters. The summed E-state index contributed by atoms with van der Waals surface area (Å²) in [5.41, 5.74) is 2.35. The van der Waals surface area contributed by atoms with Crippen LogP contribution in [0.25, 0.3) is 0 Å². The van der Waals surface area contributed by atoms with Crippen LogP contribution in [0.2, 0.25) is 0 Å². The van der Waals surface area contributed by atoms with Gasteiger partial charge in [0, 0.05) is 11.3 Å². The highest BCUT2D eigenvalue weighted by Crippen LogP contribution is 2.25. The third kappa shape index (κ3) is 5.57. The highest BCUT2D eigenvalue weighted by Gasteiger charge is 2.18. The molecule has 0 aliphatic carbocycles. The Morgan fingerprint density at radius 2 is 1.48 bits per heavy atom. The molecule has 3 aromatic carbocycles. The molecule has 0 saturated heterocycles. The lowest BCUT2D eigenvalue weighted by atomic mass is 9.86. The molecule has 0 bridgehead atoms. The minimum absolute atomic E-state index is 0.0261. The fraction of sp³-hybridized carbons (Fsp3) is 0.192. The number of ether oxygens (including phenoxy) is 1. The number of carboxylic acids is 1. The summed E-state index contributed by atoms with van der Waals surface area (Å²) >= 11 is 0. The summed E-state index contributed by atoms with van der Waals surface area (Å²) in [4.78, 5) is 37.1. The van der Waals surface area contributed by atoms with Crippen molar-refractivity contribution < 1.29 is 24.2 Å². The van der Waals surface area contributed by atoms with Gasteiger partial charge >= 0.3 is 5.97 Å². The Morgan fingerprint density at radius 3 is 2.09 bits per heavy atom. The zero-order chi connectivity index (χ0) is 24.2. The first-order valence-corrected chi connectivity index (χ1v) is 10.3. The van der Waals surface area contributed by atoms with E-state index in [1.54, 1.807) is 42.5 Å². The summed E-state index contributed by atoms with van der Waals surface area (Å²) in [5.74, 6) is -1.82. The van der Waals surface area contributed by atoms with Crippen molar-refractivity contribution in [2.24, 2.45) is 0 Å². The number of amides is 2. The van der Waals surface area contributed by atoms with Crippen molar-refractivity contribution in [3.8, 4) is 5.75 Å². The van der Waals surface area contributed by atoms with Gasteiger partial charge in [0.05, 0.1) is 18.4 Å². The van der Waals surface area contributed by atoms with Crippen molar-refractivity contribution in [1.29, 1.82) is 0 Å². The third-order valence-corrected chi connectivity index (χ3v) is 5.12. The predicted molar refractivity (Wildman–Crippen MR) is 127 cm³/mol. The van der Waals surface area contributed by atoms with Crippen molar-refractivity contribution in [3.05, 3.63) is 89.0 Å². The number of methoxy groups -OCH3 is 1. The number of hydrogen-bond donors (Lipinski definition) is 3. The first-order chi connectivity index (χ1) is 15.6. The number of para-hydroxylation sites is 1. The molecule has 0 saturated carbocycles. The normalized spacial score (nSPS) is 10.9. The van der Waals surface area contributed by atoms with Crippen LogP contribution in [0.1, 0.15) is 57.4 Å². The molecule has 0 spiro atoms. The van der Waals surface area contributed by atoms with Gasteiger partial charge < -0.3 is 20.5 Å². The highest BCUT2D eigenvalue weighted by atomic mass is 16.5. The second-order valence-corrected chi connectivity index (χ2v) is 8.50. The van der Waals surface area contributed by atoms with Crippen molar-refractivity contribution in [2.75, 3.05) is 17.7 Å². The quantitative estimate of drug-likeness (QED) is 0.483. The minimum atomic E-state index is -1.17. The lowest BCUT2D eigenvalue weighted by molar-refractivity contribution is 0.0692. The van der Waals surface area contributed by atoms with E-state index in [1.165, 1.54) is 19.2 Å². The molecule has 3 rings (SSSR count). The summed E-state index contributed by atoms with van der Waals surface area (Å²) in [6.45, 7) is 6.29. The van der Waals surface area contributed by atoms with Crippen molar-refractivity contribution in [1.82, 2.24) is 0 Å². The maximum atomic E-state index is 12.9. The van der Waals surface area contributed by atoms with Gasteiger partial charge in [0.25, 0.3) is 11.8 Å². The number of carbonyl (C=O) groups excluding carboxylic acids is 2. The summed E-state index contributed by atoms with van der Waals surface area (Å²) in [6, 6.07) is 18.3. The van der Waals surface area contributed by atoms with Crippen LogP contribution in [0.15, 0.2) is 66.7 Å². The molecule has 0 radical (unpaired) electrons. The number of aromatic carboxylic acids is 1. The van der Waals surface area contributed by atoms with Gasteiger partial charge in [-0.2, -0.15) is 0 Å². The molecule has 0 aliphatic rings.